The van der Waals surface area contributed by atoms with Gasteiger partial charge in [0.2, 0.25) is 0 Å². The molecule has 0 spiro atoms. The van der Waals surface area contributed by atoms with E-state index in [1.54, 1.807) is 0 Å². The van der Waals surface area contributed by atoms with Crippen molar-refractivity contribution in [1.29, 1.82) is 0 Å². The van der Waals surface area contributed by atoms with Gasteiger partial charge in [0.15, 0.2) is 0 Å². The summed E-state index contributed by atoms with van der Waals surface area (Å²) in [6.07, 6.45) is 1.30. The van der Waals surface area contributed by atoms with Gasteiger partial charge in [-0.1, -0.05) is 6.92 Å². The maximum atomic E-state index is 9.45. The first-order valence-electron chi connectivity index (χ1n) is 4.90. The van der Waals surface area contributed by atoms with Crippen LogP contribution in [0.5, 0.6) is 0 Å². The fraction of sp³-hybridized carbons (Fsp3) is 1.00. The lowest BCUT2D eigenvalue weighted by atomic mass is 10.1. The highest BCUT2D eigenvalue weighted by molar-refractivity contribution is 4.83. The lowest BCUT2D eigenvalue weighted by Gasteiger charge is -2.22. The quantitative estimate of drug-likeness (QED) is 0.545. The highest BCUT2D eigenvalue weighted by Crippen LogP contribution is 2.08. The predicted molar refractivity (Wildman–Crippen MR) is 49.5 cm³/mol. The van der Waals surface area contributed by atoms with Crippen LogP contribution in [0.15, 0.2) is 0 Å². The second-order valence-corrected chi connectivity index (χ2v) is 3.50. The second-order valence-electron chi connectivity index (χ2n) is 3.50. The molecule has 3 atom stereocenters. The average Bonchev–Trinajstić information content (AvgIpc) is 2.51. The number of aliphatic hydroxyl groups is 2. The zero-order valence-electron chi connectivity index (χ0n) is 8.07. The Morgan fingerprint density at radius 3 is 2.77 bits per heavy atom. The lowest BCUT2D eigenvalue weighted by Crippen LogP contribution is -2.45. The Labute approximate surface area is 78.9 Å². The van der Waals surface area contributed by atoms with E-state index in [1.807, 2.05) is 0 Å². The summed E-state index contributed by atoms with van der Waals surface area (Å²) < 4.78 is 5.12. The van der Waals surface area contributed by atoms with Crippen molar-refractivity contribution in [3.8, 4) is 0 Å². The highest BCUT2D eigenvalue weighted by atomic mass is 16.5. The molecule has 1 heterocycles. The Hall–Kier alpha value is -0.160. The average molecular weight is 189 g/mol. The van der Waals surface area contributed by atoms with E-state index < -0.39 is 6.10 Å². The van der Waals surface area contributed by atoms with Gasteiger partial charge in [-0.2, -0.15) is 0 Å². The van der Waals surface area contributed by atoms with Crippen molar-refractivity contribution >= 4 is 0 Å². The zero-order chi connectivity index (χ0) is 9.68. The van der Waals surface area contributed by atoms with Crippen LogP contribution >= 0.6 is 0 Å². The molecule has 0 amide bonds. The van der Waals surface area contributed by atoms with Gasteiger partial charge in [-0.3, -0.25) is 0 Å². The molecule has 0 aromatic rings. The highest BCUT2D eigenvalue weighted by Gasteiger charge is 2.27. The summed E-state index contributed by atoms with van der Waals surface area (Å²) in [6, 6.07) is 0.322. The van der Waals surface area contributed by atoms with E-state index >= 15 is 0 Å². The number of ether oxygens (including phenoxy) is 1. The van der Waals surface area contributed by atoms with Crippen molar-refractivity contribution < 1.29 is 14.9 Å². The van der Waals surface area contributed by atoms with Gasteiger partial charge >= 0.3 is 0 Å². The first-order chi connectivity index (χ1) is 6.27. The molecule has 13 heavy (non-hydrogen) atoms. The topological polar surface area (TPSA) is 61.7 Å². The Morgan fingerprint density at radius 1 is 1.54 bits per heavy atom. The van der Waals surface area contributed by atoms with Gasteiger partial charge in [0, 0.05) is 12.6 Å². The van der Waals surface area contributed by atoms with Crippen LogP contribution < -0.4 is 5.32 Å². The Morgan fingerprint density at radius 2 is 2.31 bits per heavy atom. The van der Waals surface area contributed by atoms with Gasteiger partial charge in [-0.15, -0.1) is 0 Å². The molecule has 0 radical (unpaired) electrons. The van der Waals surface area contributed by atoms with Crippen LogP contribution in [0.3, 0.4) is 0 Å². The fourth-order valence-electron chi connectivity index (χ4n) is 1.57. The van der Waals surface area contributed by atoms with Crippen molar-refractivity contribution in [2.45, 2.75) is 38.0 Å². The van der Waals surface area contributed by atoms with E-state index in [4.69, 9.17) is 9.84 Å². The first-order valence-corrected chi connectivity index (χ1v) is 4.90. The smallest absolute Gasteiger partial charge is 0.0948 e. The molecule has 0 aromatic heterocycles. The number of aliphatic hydroxyl groups excluding tert-OH is 2. The molecule has 1 saturated heterocycles. The molecule has 0 aliphatic carbocycles. The van der Waals surface area contributed by atoms with Crippen molar-refractivity contribution in [2.24, 2.45) is 0 Å². The Kier molecular flexibility index (Phi) is 4.66. The maximum Gasteiger partial charge on any atom is 0.0948 e. The molecule has 0 saturated carbocycles. The number of rotatable bonds is 5. The predicted octanol–water partition coefficient (Wildman–Crippen LogP) is -0.503. The van der Waals surface area contributed by atoms with E-state index in [1.165, 1.54) is 0 Å². The van der Waals surface area contributed by atoms with Crippen LogP contribution in [0.25, 0.3) is 0 Å². The third-order valence-corrected chi connectivity index (χ3v) is 2.47. The van der Waals surface area contributed by atoms with Crippen LogP contribution in [0.2, 0.25) is 0 Å². The molecule has 1 aliphatic heterocycles. The van der Waals surface area contributed by atoms with Gasteiger partial charge in [-0.05, 0) is 12.8 Å². The molecule has 3 N–H and O–H groups in total. The third kappa shape index (κ3) is 3.23. The molecule has 0 bridgehead atoms. The number of hydrogen-bond donors (Lipinski definition) is 3. The largest absolute Gasteiger partial charge is 0.396 e. The summed E-state index contributed by atoms with van der Waals surface area (Å²) in [5, 5.41) is 21.5. The van der Waals surface area contributed by atoms with E-state index in [0.717, 1.165) is 12.8 Å². The third-order valence-electron chi connectivity index (χ3n) is 2.47. The molecule has 3 unspecified atom stereocenters. The van der Waals surface area contributed by atoms with E-state index in [9.17, 15) is 5.11 Å². The number of hydrogen-bond acceptors (Lipinski definition) is 4. The van der Waals surface area contributed by atoms with Crippen molar-refractivity contribution in [1.82, 2.24) is 5.32 Å². The molecule has 1 aliphatic rings. The van der Waals surface area contributed by atoms with Crippen LogP contribution in [0, 0.1) is 0 Å². The molecule has 4 nitrogen and oxygen atoms in total. The molecule has 4 heteroatoms. The summed E-state index contributed by atoms with van der Waals surface area (Å²) >= 11 is 0. The minimum absolute atomic E-state index is 0.0384. The SMILES string of the molecule is CCC(CCO)NC1COCC1O. The molecular formula is C9H19NO3. The van der Waals surface area contributed by atoms with Gasteiger partial charge in [-0.25, -0.2) is 0 Å². The second kappa shape index (κ2) is 5.54. The normalized spacial score (nSPS) is 30.7. The summed E-state index contributed by atoms with van der Waals surface area (Å²) in [6.45, 7) is 3.25. The van der Waals surface area contributed by atoms with E-state index in [2.05, 4.69) is 12.2 Å². The van der Waals surface area contributed by atoms with Crippen LogP contribution in [0.1, 0.15) is 19.8 Å². The minimum Gasteiger partial charge on any atom is -0.396 e. The monoisotopic (exact) mass is 189 g/mol. The fourth-order valence-corrected chi connectivity index (χ4v) is 1.57. The van der Waals surface area contributed by atoms with Crippen LogP contribution in [-0.2, 0) is 4.74 Å². The van der Waals surface area contributed by atoms with Crippen molar-refractivity contribution in [3.05, 3.63) is 0 Å². The molecule has 78 valence electrons. The van der Waals surface area contributed by atoms with E-state index in [0.29, 0.717) is 13.2 Å². The van der Waals surface area contributed by atoms with Gasteiger partial charge < -0.3 is 20.3 Å². The zero-order valence-corrected chi connectivity index (χ0v) is 8.07. The van der Waals surface area contributed by atoms with Gasteiger partial charge in [0.25, 0.3) is 0 Å². The molecular weight excluding hydrogens is 170 g/mol. The number of nitrogens with one attached hydrogen (secondary N) is 1. The van der Waals surface area contributed by atoms with Crippen LogP contribution in [0.4, 0.5) is 0 Å². The minimum atomic E-state index is -0.396. The summed E-state index contributed by atoms with van der Waals surface area (Å²) in [5.74, 6) is 0. The van der Waals surface area contributed by atoms with E-state index in [-0.39, 0.29) is 18.7 Å². The van der Waals surface area contributed by atoms with Crippen molar-refractivity contribution in [2.75, 3.05) is 19.8 Å². The summed E-state index contributed by atoms with van der Waals surface area (Å²) in [4.78, 5) is 0. The standard InChI is InChI=1S/C9H19NO3/c1-2-7(3-4-11)10-8-5-13-6-9(8)12/h7-12H,2-6H2,1H3. The van der Waals surface area contributed by atoms with Crippen molar-refractivity contribution in [3.63, 3.8) is 0 Å². The van der Waals surface area contributed by atoms with Gasteiger partial charge in [0.1, 0.15) is 0 Å². The lowest BCUT2D eigenvalue weighted by molar-refractivity contribution is 0.120. The summed E-state index contributed by atoms with van der Waals surface area (Å²) in [7, 11) is 0. The molecule has 1 fully saturated rings. The molecule has 0 aromatic carbocycles. The summed E-state index contributed by atoms with van der Waals surface area (Å²) in [5.41, 5.74) is 0. The van der Waals surface area contributed by atoms with Gasteiger partial charge in [0.05, 0.1) is 25.4 Å². The maximum absolute atomic E-state index is 9.45. The Bertz CT molecular complexity index is 143. The Balaban J connectivity index is 2.27. The first kappa shape index (κ1) is 10.9. The molecule has 1 rings (SSSR count). The van der Waals surface area contributed by atoms with Crippen LogP contribution in [-0.4, -0.2) is 48.2 Å².